The molecule has 1 aromatic carbocycles. The summed E-state index contributed by atoms with van der Waals surface area (Å²) in [5.41, 5.74) is 1.97. The van der Waals surface area contributed by atoms with Gasteiger partial charge in [-0.2, -0.15) is 0 Å². The van der Waals surface area contributed by atoms with Crippen molar-refractivity contribution in [2.24, 2.45) is 0 Å². The van der Waals surface area contributed by atoms with Crippen LogP contribution in [0.3, 0.4) is 0 Å². The van der Waals surface area contributed by atoms with Gasteiger partial charge < -0.3 is 9.64 Å². The molecule has 0 N–H and O–H groups in total. The molecule has 17 heavy (non-hydrogen) atoms. The summed E-state index contributed by atoms with van der Waals surface area (Å²) >= 11 is 5.57. The average Bonchev–Trinajstić information content (AvgIpc) is 2.37. The van der Waals surface area contributed by atoms with Gasteiger partial charge in [-0.15, -0.1) is 11.6 Å². The van der Waals surface area contributed by atoms with Crippen molar-refractivity contribution in [2.75, 3.05) is 24.9 Å². The Morgan fingerprint density at radius 3 is 2.71 bits per heavy atom. The molecule has 0 spiro atoms. The fraction of sp³-hybridized carbons (Fsp3) is 0.462. The number of hydrogen-bond acceptors (Lipinski definition) is 2. The number of halogens is 1. The molecule has 0 unspecified atom stereocenters. The summed E-state index contributed by atoms with van der Waals surface area (Å²) in [6.45, 7) is 2.06. The lowest BCUT2D eigenvalue weighted by atomic mass is 10.1. The monoisotopic (exact) mass is 255 g/mol. The number of nitrogens with zero attached hydrogens (tertiary/aromatic N) is 1. The van der Waals surface area contributed by atoms with Crippen LogP contribution in [0.2, 0.25) is 0 Å². The van der Waals surface area contributed by atoms with Gasteiger partial charge in [0, 0.05) is 25.0 Å². The van der Waals surface area contributed by atoms with E-state index in [2.05, 4.69) is 6.92 Å². The highest BCUT2D eigenvalue weighted by molar-refractivity contribution is 6.19. The Balaban J connectivity index is 2.95. The van der Waals surface area contributed by atoms with Gasteiger partial charge in [0.05, 0.1) is 7.11 Å². The molecule has 0 heterocycles. The normalized spacial score (nSPS) is 10.1. The van der Waals surface area contributed by atoms with Crippen LogP contribution in [-0.2, 0) is 11.2 Å². The Hall–Kier alpha value is -1.22. The van der Waals surface area contributed by atoms with Crippen molar-refractivity contribution in [3.05, 3.63) is 23.8 Å². The number of amides is 1. The fourth-order valence-electron chi connectivity index (χ4n) is 1.64. The van der Waals surface area contributed by atoms with E-state index in [0.29, 0.717) is 12.3 Å². The van der Waals surface area contributed by atoms with Crippen LogP contribution in [-0.4, -0.2) is 25.9 Å². The van der Waals surface area contributed by atoms with Crippen molar-refractivity contribution in [3.8, 4) is 5.75 Å². The van der Waals surface area contributed by atoms with Crippen molar-refractivity contribution in [1.29, 1.82) is 0 Å². The highest BCUT2D eigenvalue weighted by atomic mass is 35.5. The van der Waals surface area contributed by atoms with E-state index in [1.807, 2.05) is 18.2 Å². The largest absolute Gasteiger partial charge is 0.496 e. The first-order chi connectivity index (χ1) is 8.13. The lowest BCUT2D eigenvalue weighted by Crippen LogP contribution is -2.26. The minimum Gasteiger partial charge on any atom is -0.496 e. The number of hydrogen-bond donors (Lipinski definition) is 0. The highest BCUT2D eigenvalue weighted by Crippen LogP contribution is 2.25. The summed E-state index contributed by atoms with van der Waals surface area (Å²) in [6, 6.07) is 5.74. The highest BCUT2D eigenvalue weighted by Gasteiger charge is 2.11. The van der Waals surface area contributed by atoms with Gasteiger partial charge in [-0.05, 0) is 30.2 Å². The summed E-state index contributed by atoms with van der Waals surface area (Å²) in [7, 11) is 3.41. The number of aryl methyl sites for hydroxylation is 1. The van der Waals surface area contributed by atoms with Gasteiger partial charge in [-0.25, -0.2) is 0 Å². The summed E-state index contributed by atoms with van der Waals surface area (Å²) in [5, 5.41) is 0. The van der Waals surface area contributed by atoms with Gasteiger partial charge >= 0.3 is 0 Å². The third-order valence-corrected chi connectivity index (χ3v) is 2.90. The van der Waals surface area contributed by atoms with Crippen LogP contribution in [0.1, 0.15) is 18.9 Å². The Bertz CT molecular complexity index is 393. The number of alkyl halides is 1. The first kappa shape index (κ1) is 13.8. The topological polar surface area (TPSA) is 29.5 Å². The van der Waals surface area contributed by atoms with E-state index in [0.717, 1.165) is 23.4 Å². The molecule has 1 rings (SSSR count). The average molecular weight is 256 g/mol. The maximum Gasteiger partial charge on any atom is 0.227 e. The predicted octanol–water partition coefficient (Wildman–Crippen LogP) is 2.85. The van der Waals surface area contributed by atoms with Crippen molar-refractivity contribution >= 4 is 23.2 Å². The van der Waals surface area contributed by atoms with Crippen molar-refractivity contribution < 1.29 is 9.53 Å². The first-order valence-electron chi connectivity index (χ1n) is 5.63. The number of anilines is 1. The van der Waals surface area contributed by atoms with Crippen molar-refractivity contribution in [2.45, 2.75) is 19.8 Å². The Morgan fingerprint density at radius 1 is 1.47 bits per heavy atom. The fourth-order valence-corrected chi connectivity index (χ4v) is 1.80. The number of ether oxygens (including phenoxy) is 1. The molecule has 1 amide bonds. The molecular formula is C13H18ClNO2. The first-order valence-corrected chi connectivity index (χ1v) is 6.16. The zero-order valence-corrected chi connectivity index (χ0v) is 11.3. The molecule has 1 aromatic rings. The molecule has 0 aliphatic rings. The molecule has 4 heteroatoms. The molecule has 0 aliphatic carbocycles. The molecule has 0 saturated heterocycles. The molecular weight excluding hydrogens is 238 g/mol. The summed E-state index contributed by atoms with van der Waals surface area (Å²) in [5.74, 6) is 1.22. The van der Waals surface area contributed by atoms with E-state index >= 15 is 0 Å². The van der Waals surface area contributed by atoms with Gasteiger partial charge in [-0.3, -0.25) is 4.79 Å². The number of rotatable bonds is 5. The van der Waals surface area contributed by atoms with E-state index < -0.39 is 0 Å². The van der Waals surface area contributed by atoms with Crippen LogP contribution in [0, 0.1) is 0 Å². The van der Waals surface area contributed by atoms with Gasteiger partial charge in [0.15, 0.2) is 0 Å². The third kappa shape index (κ3) is 3.37. The van der Waals surface area contributed by atoms with Crippen LogP contribution < -0.4 is 9.64 Å². The smallest absolute Gasteiger partial charge is 0.227 e. The lowest BCUT2D eigenvalue weighted by Gasteiger charge is -2.18. The van der Waals surface area contributed by atoms with Crippen molar-refractivity contribution in [3.63, 3.8) is 0 Å². The Morgan fingerprint density at radius 2 is 2.18 bits per heavy atom. The number of benzene rings is 1. The molecule has 94 valence electrons. The van der Waals surface area contributed by atoms with E-state index in [1.54, 1.807) is 19.1 Å². The van der Waals surface area contributed by atoms with Gasteiger partial charge in [0.2, 0.25) is 5.91 Å². The second-order valence-electron chi connectivity index (χ2n) is 3.74. The molecule has 0 aliphatic heterocycles. The van der Waals surface area contributed by atoms with E-state index in [-0.39, 0.29) is 5.91 Å². The standard InChI is InChI=1S/C13H18ClNO2/c1-4-10-9-11(5-6-12(10)17-3)15(2)13(16)7-8-14/h5-6,9H,4,7-8H2,1-3H3. The molecule has 0 radical (unpaired) electrons. The molecule has 0 bridgehead atoms. The minimum absolute atomic E-state index is 0.0206. The molecule has 0 atom stereocenters. The van der Waals surface area contributed by atoms with Crippen LogP contribution in [0.15, 0.2) is 18.2 Å². The van der Waals surface area contributed by atoms with Crippen LogP contribution in [0.25, 0.3) is 0 Å². The SMILES string of the molecule is CCc1cc(N(C)C(=O)CCCl)ccc1OC. The molecule has 0 fully saturated rings. The summed E-state index contributed by atoms with van der Waals surface area (Å²) in [4.78, 5) is 13.3. The third-order valence-electron chi connectivity index (χ3n) is 2.71. The molecule has 0 saturated carbocycles. The van der Waals surface area contributed by atoms with E-state index in [1.165, 1.54) is 0 Å². The molecule has 3 nitrogen and oxygen atoms in total. The summed E-state index contributed by atoms with van der Waals surface area (Å²) < 4.78 is 5.25. The Labute approximate surface area is 107 Å². The van der Waals surface area contributed by atoms with Crippen molar-refractivity contribution in [1.82, 2.24) is 0 Å². The lowest BCUT2D eigenvalue weighted by molar-refractivity contribution is -0.117. The molecule has 0 aromatic heterocycles. The Kier molecular flexibility index (Phi) is 5.29. The second kappa shape index (κ2) is 6.50. The van der Waals surface area contributed by atoms with Crippen LogP contribution in [0.5, 0.6) is 5.75 Å². The second-order valence-corrected chi connectivity index (χ2v) is 4.12. The number of carbonyl (C=O) groups is 1. The minimum atomic E-state index is 0.0206. The predicted molar refractivity (Wildman–Crippen MR) is 71.1 cm³/mol. The van der Waals surface area contributed by atoms with Crippen LogP contribution in [0.4, 0.5) is 5.69 Å². The quantitative estimate of drug-likeness (QED) is 0.758. The van der Waals surface area contributed by atoms with Gasteiger partial charge in [-0.1, -0.05) is 6.92 Å². The summed E-state index contributed by atoms with van der Waals surface area (Å²) in [6.07, 6.45) is 1.22. The number of methoxy groups -OCH3 is 1. The maximum atomic E-state index is 11.7. The van der Waals surface area contributed by atoms with Gasteiger partial charge in [0.25, 0.3) is 0 Å². The zero-order valence-electron chi connectivity index (χ0n) is 10.5. The maximum absolute atomic E-state index is 11.7. The van der Waals surface area contributed by atoms with E-state index in [9.17, 15) is 4.79 Å². The van der Waals surface area contributed by atoms with Crippen LogP contribution >= 0.6 is 11.6 Å². The number of carbonyl (C=O) groups excluding carboxylic acids is 1. The van der Waals surface area contributed by atoms with Gasteiger partial charge in [0.1, 0.15) is 5.75 Å². The zero-order chi connectivity index (χ0) is 12.8. The van der Waals surface area contributed by atoms with E-state index in [4.69, 9.17) is 16.3 Å².